The average Bonchev–Trinajstić information content (AvgIpc) is 2.85. The minimum absolute atomic E-state index is 0.112. The highest BCUT2D eigenvalue weighted by atomic mass is 19.2. The lowest BCUT2D eigenvalue weighted by atomic mass is 9.78. The van der Waals surface area contributed by atoms with E-state index in [1.165, 1.54) is 13.0 Å². The molecule has 1 saturated heterocycles. The van der Waals surface area contributed by atoms with Crippen molar-refractivity contribution >= 4 is 11.4 Å². The van der Waals surface area contributed by atoms with Crippen molar-refractivity contribution in [3.63, 3.8) is 0 Å². The van der Waals surface area contributed by atoms with Gasteiger partial charge in [-0.3, -0.25) is 0 Å². The summed E-state index contributed by atoms with van der Waals surface area (Å²) in [5.41, 5.74) is 2.34. The van der Waals surface area contributed by atoms with Crippen molar-refractivity contribution in [3.05, 3.63) is 108 Å². The van der Waals surface area contributed by atoms with E-state index in [1.54, 1.807) is 12.1 Å². The van der Waals surface area contributed by atoms with Gasteiger partial charge in [0.15, 0.2) is 0 Å². The number of hydrogen-bond acceptors (Lipinski definition) is 4. The van der Waals surface area contributed by atoms with Gasteiger partial charge in [-0.2, -0.15) is 5.26 Å². The predicted octanol–water partition coefficient (Wildman–Crippen LogP) is 6.76. The summed E-state index contributed by atoms with van der Waals surface area (Å²) in [5, 5.41) is 12.8. The van der Waals surface area contributed by atoms with Crippen molar-refractivity contribution in [1.29, 1.82) is 5.26 Å². The minimum Gasteiger partial charge on any atom is -0.370 e. The van der Waals surface area contributed by atoms with E-state index in [-0.39, 0.29) is 5.56 Å². The van der Waals surface area contributed by atoms with Gasteiger partial charge in [-0.05, 0) is 62.2 Å². The second-order valence-electron chi connectivity index (χ2n) is 9.39. The molecular weight excluding hydrogens is 461 g/mol. The fourth-order valence-electron chi connectivity index (χ4n) is 4.90. The van der Waals surface area contributed by atoms with Crippen LogP contribution in [0.5, 0.6) is 0 Å². The number of allylic oxidation sites excluding steroid dienone is 2. The first kappa shape index (κ1) is 25.2. The Morgan fingerprint density at radius 3 is 2.56 bits per heavy atom. The molecule has 4 nitrogen and oxygen atoms in total. The van der Waals surface area contributed by atoms with Crippen LogP contribution in [0.2, 0.25) is 0 Å². The lowest BCUT2D eigenvalue weighted by Crippen LogP contribution is -2.40. The molecule has 0 amide bonds. The minimum atomic E-state index is -1.92. The molecule has 1 fully saturated rings. The first-order chi connectivity index (χ1) is 17.1. The average molecular weight is 491 g/mol. The predicted molar refractivity (Wildman–Crippen MR) is 138 cm³/mol. The molecule has 0 aliphatic carbocycles. The summed E-state index contributed by atoms with van der Waals surface area (Å²) in [6.45, 7) is 10.7. The van der Waals surface area contributed by atoms with E-state index in [9.17, 15) is 14.0 Å². The molecule has 36 heavy (non-hydrogen) atoms. The fraction of sp³-hybridized carbons (Fsp3) is 0.276. The lowest BCUT2D eigenvalue weighted by Gasteiger charge is -2.40. The molecule has 0 spiro atoms. The lowest BCUT2D eigenvalue weighted by molar-refractivity contribution is 0.0778. The van der Waals surface area contributed by atoms with Crippen LogP contribution in [0.25, 0.3) is 0 Å². The zero-order valence-electron chi connectivity index (χ0n) is 20.5. The second-order valence-corrected chi connectivity index (χ2v) is 9.39. The van der Waals surface area contributed by atoms with Gasteiger partial charge in [0.1, 0.15) is 17.3 Å². The zero-order chi connectivity index (χ0) is 26.0. The highest BCUT2D eigenvalue weighted by Gasteiger charge is 2.40. The first-order valence-electron chi connectivity index (χ1n) is 11.8. The molecule has 1 N–H and O–H groups in total. The molecule has 4 rings (SSSR count). The Kier molecular flexibility index (Phi) is 6.98. The van der Waals surface area contributed by atoms with Gasteiger partial charge in [0.2, 0.25) is 0 Å². The van der Waals surface area contributed by atoms with Gasteiger partial charge >= 0.3 is 0 Å². The Balaban J connectivity index is 1.53. The van der Waals surface area contributed by atoms with Gasteiger partial charge in [0.05, 0.1) is 23.0 Å². The Labute approximate surface area is 210 Å². The Morgan fingerprint density at radius 2 is 1.89 bits per heavy atom. The maximum Gasteiger partial charge on any atom is 0.139 e. The SMILES string of the molecule is C=C(Nc1cc(C#N)ccc1N1CCC(C(C)(F)c2ccc(F)cc2F)CC1)C1=CC=CN(C)C1=C. The van der Waals surface area contributed by atoms with Crippen molar-refractivity contribution in [2.75, 3.05) is 30.4 Å². The third-order valence-corrected chi connectivity index (χ3v) is 7.11. The Morgan fingerprint density at radius 1 is 1.17 bits per heavy atom. The molecule has 0 saturated carbocycles. The maximum atomic E-state index is 15.8. The van der Waals surface area contributed by atoms with Crippen molar-refractivity contribution in [2.45, 2.75) is 25.4 Å². The van der Waals surface area contributed by atoms with Crippen LogP contribution in [0.1, 0.15) is 30.9 Å². The third kappa shape index (κ3) is 4.90. The number of nitrogens with one attached hydrogen (secondary N) is 1. The van der Waals surface area contributed by atoms with E-state index in [2.05, 4.69) is 29.4 Å². The van der Waals surface area contributed by atoms with Crippen LogP contribution >= 0.6 is 0 Å². The third-order valence-electron chi connectivity index (χ3n) is 7.11. The van der Waals surface area contributed by atoms with Crippen LogP contribution in [0, 0.1) is 28.9 Å². The summed E-state index contributed by atoms with van der Waals surface area (Å²) in [6, 6.07) is 10.6. The van der Waals surface area contributed by atoms with Crippen LogP contribution in [0.4, 0.5) is 24.5 Å². The number of hydrogen-bond donors (Lipinski definition) is 1. The van der Waals surface area contributed by atoms with Crippen LogP contribution in [-0.2, 0) is 5.67 Å². The van der Waals surface area contributed by atoms with Crippen LogP contribution in [-0.4, -0.2) is 25.0 Å². The van der Waals surface area contributed by atoms with Gasteiger partial charge in [0.25, 0.3) is 0 Å². The van der Waals surface area contributed by atoms with Gasteiger partial charge in [-0.25, -0.2) is 13.2 Å². The smallest absolute Gasteiger partial charge is 0.139 e. The van der Waals surface area contributed by atoms with E-state index in [4.69, 9.17) is 0 Å². The fourth-order valence-corrected chi connectivity index (χ4v) is 4.90. The van der Waals surface area contributed by atoms with Crippen LogP contribution in [0.3, 0.4) is 0 Å². The number of rotatable bonds is 6. The van der Waals surface area contributed by atoms with Gasteiger partial charge in [0, 0.05) is 60.9 Å². The molecule has 2 aliphatic heterocycles. The van der Waals surface area contributed by atoms with Crippen molar-refractivity contribution < 1.29 is 13.2 Å². The molecule has 1 unspecified atom stereocenters. The number of benzene rings is 2. The monoisotopic (exact) mass is 490 g/mol. The van der Waals surface area contributed by atoms with E-state index < -0.39 is 23.2 Å². The van der Waals surface area contributed by atoms with E-state index >= 15 is 4.39 Å². The highest BCUT2D eigenvalue weighted by molar-refractivity contribution is 5.75. The molecular formula is C29H29F3N4. The van der Waals surface area contributed by atoms with Crippen LogP contribution < -0.4 is 10.2 Å². The number of likely N-dealkylation sites (N-methyl/N-ethyl adjacent to an activating group) is 1. The van der Waals surface area contributed by atoms with E-state index in [0.717, 1.165) is 34.8 Å². The maximum absolute atomic E-state index is 15.8. The first-order valence-corrected chi connectivity index (χ1v) is 11.8. The molecule has 0 aromatic heterocycles. The molecule has 1 atom stereocenters. The van der Waals surface area contributed by atoms with Crippen molar-refractivity contribution in [1.82, 2.24) is 4.90 Å². The molecule has 0 radical (unpaired) electrons. The summed E-state index contributed by atoms with van der Waals surface area (Å²) in [7, 11) is 1.90. The van der Waals surface area contributed by atoms with Crippen LogP contribution in [0.15, 0.2) is 84.9 Å². The number of halogens is 3. The number of alkyl halides is 1. The number of anilines is 2. The molecule has 2 aromatic carbocycles. The van der Waals surface area contributed by atoms with Crippen molar-refractivity contribution in [2.24, 2.45) is 5.92 Å². The number of nitriles is 1. The summed E-state index contributed by atoms with van der Waals surface area (Å²) in [4.78, 5) is 4.03. The molecule has 186 valence electrons. The largest absolute Gasteiger partial charge is 0.370 e. The highest BCUT2D eigenvalue weighted by Crippen LogP contribution is 2.42. The van der Waals surface area contributed by atoms with Gasteiger partial charge in [-0.15, -0.1) is 0 Å². The Hall–Kier alpha value is -3.92. The normalized spacial score (nSPS) is 17.9. The standard InChI is InChI=1S/C29H29F3N4/c1-19(24-6-5-13-35(4)20(24)2)34-27-16-21(18-33)7-10-28(27)36-14-11-22(12-15-36)29(3,32)25-9-8-23(30)17-26(25)31/h5-10,13,16-17,22,34H,1-2,11-12,14-15H2,3-4H3. The summed E-state index contributed by atoms with van der Waals surface area (Å²) >= 11 is 0. The van der Waals surface area contributed by atoms with E-state index in [0.29, 0.717) is 37.2 Å². The van der Waals surface area contributed by atoms with Gasteiger partial charge < -0.3 is 15.1 Å². The summed E-state index contributed by atoms with van der Waals surface area (Å²) in [6.07, 6.45) is 6.71. The zero-order valence-corrected chi connectivity index (χ0v) is 20.5. The Bertz CT molecular complexity index is 1290. The molecule has 7 heteroatoms. The van der Waals surface area contributed by atoms with E-state index in [1.807, 2.05) is 36.4 Å². The molecule has 2 heterocycles. The molecule has 2 aliphatic rings. The number of piperidine rings is 1. The molecule has 0 bridgehead atoms. The topological polar surface area (TPSA) is 42.3 Å². The van der Waals surface area contributed by atoms with Crippen molar-refractivity contribution in [3.8, 4) is 6.07 Å². The van der Waals surface area contributed by atoms with Gasteiger partial charge in [-0.1, -0.05) is 13.2 Å². The number of nitrogens with zero attached hydrogens (tertiary/aromatic N) is 3. The summed E-state index contributed by atoms with van der Waals surface area (Å²) in [5.74, 6) is -2.00. The quantitative estimate of drug-likeness (QED) is 0.486. The molecule has 2 aromatic rings. The second kappa shape index (κ2) is 9.98. The summed E-state index contributed by atoms with van der Waals surface area (Å²) < 4.78 is 43.5.